The van der Waals surface area contributed by atoms with Gasteiger partial charge in [0.2, 0.25) is 0 Å². The highest BCUT2D eigenvalue weighted by Gasteiger charge is 2.45. The van der Waals surface area contributed by atoms with Gasteiger partial charge in [-0.05, 0) is 44.5 Å². The largest absolute Gasteiger partial charge is 0.482 e. The smallest absolute Gasteiger partial charge is 0.166 e. The van der Waals surface area contributed by atoms with Crippen LogP contribution in [0.15, 0.2) is 36.8 Å². The molecule has 0 bridgehead atoms. The number of rotatable bonds is 5. The molecule has 3 aromatic rings. The number of hydrogen-bond donors (Lipinski definition) is 2. The summed E-state index contributed by atoms with van der Waals surface area (Å²) in [5, 5.41) is 8.40. The van der Waals surface area contributed by atoms with Gasteiger partial charge in [0.25, 0.3) is 0 Å². The first-order valence-electron chi connectivity index (χ1n) is 11.3. The molecule has 2 fully saturated rings. The molecule has 2 aliphatic heterocycles. The standard InChI is InChI=1S/C24H26Cl2FN5O2/c1-14(21-17(25)2-3-18(27)22(21)26)34-19-8-15(9-30-23(19)28)16-10-31-32(11-16)20-4-7-33-13-24(20)5-6-29-12-24/h2-3,8-11,14,20,29H,4-7,12-13H2,1H3,(H2,28,30)/t14-,20?,24?/m1/s1. The lowest BCUT2D eigenvalue weighted by Gasteiger charge is -2.40. The summed E-state index contributed by atoms with van der Waals surface area (Å²) in [7, 11) is 0. The summed E-state index contributed by atoms with van der Waals surface area (Å²) < 4.78 is 27.9. The van der Waals surface area contributed by atoms with Gasteiger partial charge in [-0.1, -0.05) is 23.2 Å². The summed E-state index contributed by atoms with van der Waals surface area (Å²) in [6.45, 7) is 5.12. The van der Waals surface area contributed by atoms with Gasteiger partial charge in [0.05, 0.1) is 23.9 Å². The third-order valence-electron chi connectivity index (χ3n) is 6.83. The number of nitrogens with one attached hydrogen (secondary N) is 1. The number of nitrogen functional groups attached to an aromatic ring is 1. The van der Waals surface area contributed by atoms with Gasteiger partial charge in [-0.3, -0.25) is 4.68 Å². The van der Waals surface area contributed by atoms with Gasteiger partial charge in [0.15, 0.2) is 11.6 Å². The van der Waals surface area contributed by atoms with Crippen molar-refractivity contribution in [1.29, 1.82) is 0 Å². The molecule has 180 valence electrons. The van der Waals surface area contributed by atoms with E-state index in [0.717, 1.165) is 50.3 Å². The van der Waals surface area contributed by atoms with Gasteiger partial charge in [0, 0.05) is 52.7 Å². The number of hydrogen-bond acceptors (Lipinski definition) is 6. The SMILES string of the molecule is C[C@@H](Oc1cc(-c2cnn(C3CCOCC34CCNC4)c2)cnc1N)c1c(Cl)ccc(F)c1Cl. The number of halogens is 3. The van der Waals surface area contributed by atoms with Crippen molar-refractivity contribution in [1.82, 2.24) is 20.1 Å². The zero-order valence-corrected chi connectivity index (χ0v) is 20.2. The fourth-order valence-electron chi connectivity index (χ4n) is 4.99. The molecule has 2 saturated heterocycles. The van der Waals surface area contributed by atoms with Crippen LogP contribution in [0.2, 0.25) is 10.0 Å². The Morgan fingerprint density at radius 3 is 2.97 bits per heavy atom. The van der Waals surface area contributed by atoms with E-state index in [4.69, 9.17) is 38.4 Å². The summed E-state index contributed by atoms with van der Waals surface area (Å²) in [6.07, 6.45) is 6.90. The maximum absolute atomic E-state index is 14.0. The van der Waals surface area contributed by atoms with Crippen molar-refractivity contribution in [2.75, 3.05) is 32.0 Å². The molecule has 0 radical (unpaired) electrons. The lowest BCUT2D eigenvalue weighted by atomic mass is 9.77. The third kappa shape index (κ3) is 4.24. The van der Waals surface area contributed by atoms with Crippen molar-refractivity contribution in [2.24, 2.45) is 5.41 Å². The number of nitrogens with two attached hydrogens (primary N) is 1. The minimum Gasteiger partial charge on any atom is -0.482 e. The normalized spacial score (nSPS) is 23.4. The van der Waals surface area contributed by atoms with Crippen LogP contribution >= 0.6 is 23.2 Å². The predicted octanol–water partition coefficient (Wildman–Crippen LogP) is 5.05. The first-order valence-corrected chi connectivity index (χ1v) is 12.0. The van der Waals surface area contributed by atoms with Gasteiger partial charge >= 0.3 is 0 Å². The summed E-state index contributed by atoms with van der Waals surface area (Å²) >= 11 is 12.4. The molecule has 0 aliphatic carbocycles. The van der Waals surface area contributed by atoms with Gasteiger partial charge in [0.1, 0.15) is 11.9 Å². The minimum absolute atomic E-state index is 0.0636. The van der Waals surface area contributed by atoms with Gasteiger partial charge in [-0.25, -0.2) is 9.37 Å². The van der Waals surface area contributed by atoms with E-state index in [1.54, 1.807) is 19.2 Å². The Balaban J connectivity index is 1.41. The van der Waals surface area contributed by atoms with E-state index < -0.39 is 11.9 Å². The van der Waals surface area contributed by atoms with Crippen LogP contribution in [0.5, 0.6) is 5.75 Å². The molecule has 1 spiro atoms. The van der Waals surface area contributed by atoms with E-state index in [9.17, 15) is 4.39 Å². The maximum Gasteiger partial charge on any atom is 0.166 e. The van der Waals surface area contributed by atoms with Crippen LogP contribution in [0.25, 0.3) is 11.1 Å². The van der Waals surface area contributed by atoms with Crippen LogP contribution in [0.3, 0.4) is 0 Å². The lowest BCUT2D eigenvalue weighted by Crippen LogP contribution is -2.43. The Bertz CT molecular complexity index is 1200. The Morgan fingerprint density at radius 1 is 1.32 bits per heavy atom. The zero-order chi connectivity index (χ0) is 23.9. The highest BCUT2D eigenvalue weighted by atomic mass is 35.5. The van der Waals surface area contributed by atoms with E-state index in [1.807, 2.05) is 12.4 Å². The molecule has 7 nitrogen and oxygen atoms in total. The molecule has 5 rings (SSSR count). The monoisotopic (exact) mass is 505 g/mol. The number of benzene rings is 1. The zero-order valence-electron chi connectivity index (χ0n) is 18.7. The van der Waals surface area contributed by atoms with E-state index >= 15 is 0 Å². The molecular weight excluding hydrogens is 480 g/mol. The first-order chi connectivity index (χ1) is 16.4. The van der Waals surface area contributed by atoms with Gasteiger partial charge in [-0.15, -0.1) is 0 Å². The molecule has 2 aliphatic rings. The van der Waals surface area contributed by atoms with Crippen LogP contribution in [0.4, 0.5) is 10.2 Å². The van der Waals surface area contributed by atoms with Crippen molar-refractivity contribution in [3.8, 4) is 16.9 Å². The molecule has 2 unspecified atom stereocenters. The van der Waals surface area contributed by atoms with Gasteiger partial charge in [-0.2, -0.15) is 5.10 Å². The van der Waals surface area contributed by atoms with Gasteiger partial charge < -0.3 is 20.5 Å². The van der Waals surface area contributed by atoms with Crippen LogP contribution in [-0.4, -0.2) is 41.1 Å². The number of ether oxygens (including phenoxy) is 2. The molecule has 1 aromatic carbocycles. The Kier molecular flexibility index (Phi) is 6.41. The van der Waals surface area contributed by atoms with Crippen LogP contribution < -0.4 is 15.8 Å². The number of anilines is 1. The molecular formula is C24H26Cl2FN5O2. The van der Waals surface area contributed by atoms with Crippen molar-refractivity contribution in [3.63, 3.8) is 0 Å². The van der Waals surface area contributed by atoms with Crippen LogP contribution in [0, 0.1) is 11.2 Å². The summed E-state index contributed by atoms with van der Waals surface area (Å²) in [4.78, 5) is 4.30. The third-order valence-corrected chi connectivity index (χ3v) is 7.55. The quantitative estimate of drug-likeness (QED) is 0.471. The molecule has 0 saturated carbocycles. The summed E-state index contributed by atoms with van der Waals surface area (Å²) in [5.74, 6) is 0.0100. The highest BCUT2D eigenvalue weighted by Crippen LogP contribution is 2.43. The first kappa shape index (κ1) is 23.4. The number of pyridine rings is 1. The molecule has 3 atom stereocenters. The number of aromatic nitrogens is 3. The van der Waals surface area contributed by atoms with Crippen molar-refractivity contribution < 1.29 is 13.9 Å². The van der Waals surface area contributed by atoms with E-state index in [2.05, 4.69) is 20.1 Å². The van der Waals surface area contributed by atoms with E-state index in [0.29, 0.717) is 16.3 Å². The fraction of sp³-hybridized carbons (Fsp3) is 0.417. The van der Waals surface area contributed by atoms with E-state index in [-0.39, 0.29) is 22.3 Å². The summed E-state index contributed by atoms with van der Waals surface area (Å²) in [5.41, 5.74) is 8.22. The topological polar surface area (TPSA) is 87.2 Å². The molecule has 2 aromatic heterocycles. The second kappa shape index (κ2) is 9.34. The Hall–Kier alpha value is -2.39. The Morgan fingerprint density at radius 2 is 2.18 bits per heavy atom. The molecule has 3 N–H and O–H groups in total. The van der Waals surface area contributed by atoms with E-state index in [1.165, 1.54) is 12.1 Å². The highest BCUT2D eigenvalue weighted by molar-refractivity contribution is 6.36. The molecule has 34 heavy (non-hydrogen) atoms. The minimum atomic E-state index is -0.644. The predicted molar refractivity (Wildman–Crippen MR) is 130 cm³/mol. The van der Waals surface area contributed by atoms with Crippen LogP contribution in [-0.2, 0) is 4.74 Å². The fourth-order valence-corrected chi connectivity index (χ4v) is 5.66. The van der Waals surface area contributed by atoms with Crippen LogP contribution in [0.1, 0.15) is 37.5 Å². The lowest BCUT2D eigenvalue weighted by molar-refractivity contribution is -0.0387. The molecule has 4 heterocycles. The summed E-state index contributed by atoms with van der Waals surface area (Å²) in [6, 6.07) is 4.74. The Labute approximate surface area is 207 Å². The average Bonchev–Trinajstić information content (AvgIpc) is 3.49. The second-order valence-electron chi connectivity index (χ2n) is 8.98. The van der Waals surface area contributed by atoms with Crippen molar-refractivity contribution in [2.45, 2.75) is 31.9 Å². The average molecular weight is 506 g/mol. The second-order valence-corrected chi connectivity index (χ2v) is 9.76. The number of nitrogens with zero attached hydrogens (tertiary/aromatic N) is 3. The molecule has 10 heteroatoms. The van der Waals surface area contributed by atoms with Crippen molar-refractivity contribution in [3.05, 3.63) is 58.2 Å². The van der Waals surface area contributed by atoms with Crippen molar-refractivity contribution >= 4 is 29.0 Å². The maximum atomic E-state index is 14.0. The molecule has 0 amide bonds.